The normalized spacial score (nSPS) is 10.9. The van der Waals surface area contributed by atoms with E-state index in [0.29, 0.717) is 6.61 Å². The highest BCUT2D eigenvalue weighted by Crippen LogP contribution is 2.15. The van der Waals surface area contributed by atoms with Crippen LogP contribution in [-0.4, -0.2) is 12.6 Å². The molecule has 0 aliphatic heterocycles. The monoisotopic (exact) mass is 257 g/mol. The molecule has 1 aromatic carbocycles. The number of benzene rings is 1. The molecule has 0 aromatic heterocycles. The Morgan fingerprint density at radius 3 is 2.74 bits per heavy atom. The molecule has 3 nitrogen and oxygen atoms in total. The van der Waals surface area contributed by atoms with Crippen molar-refractivity contribution in [3.8, 4) is 6.07 Å². The van der Waals surface area contributed by atoms with Gasteiger partial charge < -0.3 is 4.74 Å². The van der Waals surface area contributed by atoms with Gasteiger partial charge in [-0.1, -0.05) is 37.1 Å². The summed E-state index contributed by atoms with van der Waals surface area (Å²) in [6, 6.07) is 7.78. The van der Waals surface area contributed by atoms with Crippen molar-refractivity contribution in [2.45, 2.75) is 33.6 Å². The van der Waals surface area contributed by atoms with Gasteiger partial charge in [0.2, 0.25) is 0 Å². The molecule has 0 bridgehead atoms. The second-order valence-electron chi connectivity index (χ2n) is 4.52. The van der Waals surface area contributed by atoms with E-state index in [1.807, 2.05) is 45.0 Å². The quantitative estimate of drug-likeness (QED) is 0.351. The number of carbonyl (C=O) groups excluding carboxylic acids is 1. The summed E-state index contributed by atoms with van der Waals surface area (Å²) in [5.74, 6) is -0.545. The number of carbonyl (C=O) groups is 1. The number of nitriles is 1. The first-order chi connectivity index (χ1) is 9.08. The molecule has 1 rings (SSSR count). The van der Waals surface area contributed by atoms with Gasteiger partial charge in [-0.25, -0.2) is 4.79 Å². The molecule has 19 heavy (non-hydrogen) atoms. The van der Waals surface area contributed by atoms with Crippen molar-refractivity contribution in [3.63, 3.8) is 0 Å². The minimum Gasteiger partial charge on any atom is -0.462 e. The zero-order valence-corrected chi connectivity index (χ0v) is 11.7. The highest BCUT2D eigenvalue weighted by molar-refractivity contribution is 5.98. The van der Waals surface area contributed by atoms with Gasteiger partial charge in [-0.3, -0.25) is 0 Å². The van der Waals surface area contributed by atoms with Gasteiger partial charge in [0, 0.05) is 0 Å². The number of esters is 1. The van der Waals surface area contributed by atoms with Crippen molar-refractivity contribution in [2.75, 3.05) is 6.61 Å². The van der Waals surface area contributed by atoms with Crippen molar-refractivity contribution in [2.24, 2.45) is 0 Å². The summed E-state index contributed by atoms with van der Waals surface area (Å²) in [5.41, 5.74) is 3.10. The van der Waals surface area contributed by atoms with E-state index >= 15 is 0 Å². The largest absolute Gasteiger partial charge is 0.462 e. The van der Waals surface area contributed by atoms with Crippen LogP contribution in [0.2, 0.25) is 0 Å². The zero-order chi connectivity index (χ0) is 14.3. The Bertz CT molecular complexity index is 524. The van der Waals surface area contributed by atoms with Crippen LogP contribution >= 0.6 is 0 Å². The molecule has 100 valence electrons. The van der Waals surface area contributed by atoms with E-state index < -0.39 is 5.97 Å². The number of aryl methyl sites for hydroxylation is 2. The van der Waals surface area contributed by atoms with Crippen LogP contribution < -0.4 is 0 Å². The Hall–Kier alpha value is -2.08. The minimum atomic E-state index is -0.545. The van der Waals surface area contributed by atoms with Crippen LogP contribution in [0.1, 0.15) is 36.5 Å². The van der Waals surface area contributed by atoms with Gasteiger partial charge in [0.25, 0.3) is 0 Å². The number of unbranched alkanes of at least 4 members (excludes halogenated alkanes) is 1. The van der Waals surface area contributed by atoms with E-state index in [-0.39, 0.29) is 5.57 Å². The van der Waals surface area contributed by atoms with Crippen molar-refractivity contribution in [3.05, 3.63) is 40.5 Å². The Morgan fingerprint density at radius 1 is 1.42 bits per heavy atom. The average Bonchev–Trinajstić information content (AvgIpc) is 2.38. The van der Waals surface area contributed by atoms with Crippen LogP contribution in [0.15, 0.2) is 23.8 Å². The van der Waals surface area contributed by atoms with E-state index in [4.69, 9.17) is 10.00 Å². The molecular formula is C16H19NO2. The molecule has 3 heteroatoms. The third-order valence-corrected chi connectivity index (χ3v) is 2.80. The Morgan fingerprint density at radius 2 is 2.16 bits per heavy atom. The molecule has 0 N–H and O–H groups in total. The number of hydrogen-bond acceptors (Lipinski definition) is 3. The average molecular weight is 257 g/mol. The van der Waals surface area contributed by atoms with Crippen molar-refractivity contribution < 1.29 is 9.53 Å². The maximum absolute atomic E-state index is 11.7. The van der Waals surface area contributed by atoms with Crippen molar-refractivity contribution in [1.29, 1.82) is 5.26 Å². The van der Waals surface area contributed by atoms with E-state index in [2.05, 4.69) is 0 Å². The van der Waals surface area contributed by atoms with Crippen molar-refractivity contribution >= 4 is 12.0 Å². The summed E-state index contributed by atoms with van der Waals surface area (Å²) in [6.07, 6.45) is 3.35. The molecule has 1 aromatic rings. The molecule has 0 unspecified atom stereocenters. The molecule has 0 heterocycles. The molecule has 0 amide bonds. The topological polar surface area (TPSA) is 50.1 Å². The molecule has 0 atom stereocenters. The fourth-order valence-electron chi connectivity index (χ4n) is 1.67. The summed E-state index contributed by atoms with van der Waals surface area (Å²) in [4.78, 5) is 11.7. The van der Waals surface area contributed by atoms with E-state index in [9.17, 15) is 4.79 Å². The smallest absolute Gasteiger partial charge is 0.348 e. The molecule has 0 spiro atoms. The number of hydrogen-bond donors (Lipinski definition) is 0. The highest BCUT2D eigenvalue weighted by atomic mass is 16.5. The third-order valence-electron chi connectivity index (χ3n) is 2.80. The summed E-state index contributed by atoms with van der Waals surface area (Å²) in [7, 11) is 0. The standard InChI is InChI=1S/C16H19NO2/c1-4-5-8-19-16(18)15(11-17)10-14-7-6-12(2)9-13(14)3/h6-7,9-10H,4-5,8H2,1-3H3. The lowest BCUT2D eigenvalue weighted by atomic mass is 10.0. The molecule has 0 aliphatic carbocycles. The summed E-state index contributed by atoms with van der Waals surface area (Å²) in [5, 5.41) is 9.04. The van der Waals surface area contributed by atoms with Gasteiger partial charge in [0.15, 0.2) is 0 Å². The highest BCUT2D eigenvalue weighted by Gasteiger charge is 2.10. The molecule has 0 radical (unpaired) electrons. The van der Waals surface area contributed by atoms with E-state index in [1.54, 1.807) is 6.08 Å². The summed E-state index contributed by atoms with van der Waals surface area (Å²) >= 11 is 0. The second-order valence-corrected chi connectivity index (χ2v) is 4.52. The van der Waals surface area contributed by atoms with Crippen LogP contribution in [0.3, 0.4) is 0 Å². The van der Waals surface area contributed by atoms with Crippen molar-refractivity contribution in [1.82, 2.24) is 0 Å². The lowest BCUT2D eigenvalue weighted by Gasteiger charge is -2.04. The zero-order valence-electron chi connectivity index (χ0n) is 11.7. The fourth-order valence-corrected chi connectivity index (χ4v) is 1.67. The Balaban J connectivity index is 2.87. The van der Waals surface area contributed by atoms with Gasteiger partial charge in [-0.2, -0.15) is 5.26 Å². The first-order valence-corrected chi connectivity index (χ1v) is 6.44. The van der Waals surface area contributed by atoms with Gasteiger partial charge >= 0.3 is 5.97 Å². The predicted octanol–water partition coefficient (Wildman–Crippen LogP) is 3.55. The Kier molecular flexibility index (Phi) is 5.81. The lowest BCUT2D eigenvalue weighted by Crippen LogP contribution is -2.07. The van der Waals surface area contributed by atoms with Crippen LogP contribution in [-0.2, 0) is 9.53 Å². The maximum atomic E-state index is 11.7. The van der Waals surface area contributed by atoms with Gasteiger partial charge in [-0.15, -0.1) is 0 Å². The van der Waals surface area contributed by atoms with Crippen LogP contribution in [0.25, 0.3) is 6.08 Å². The Labute approximate surface area is 114 Å². The van der Waals surface area contributed by atoms with Crippen LogP contribution in [0, 0.1) is 25.2 Å². The SMILES string of the molecule is CCCCOC(=O)C(C#N)=Cc1ccc(C)cc1C. The van der Waals surface area contributed by atoms with Gasteiger partial charge in [0.05, 0.1) is 6.61 Å². The van der Waals surface area contributed by atoms with Gasteiger partial charge in [-0.05, 0) is 37.5 Å². The van der Waals surface area contributed by atoms with E-state index in [0.717, 1.165) is 29.5 Å². The fraction of sp³-hybridized carbons (Fsp3) is 0.375. The second kappa shape index (κ2) is 7.38. The first kappa shape index (κ1) is 15.0. The number of nitrogens with zero attached hydrogens (tertiary/aromatic N) is 1. The predicted molar refractivity (Wildman–Crippen MR) is 75.4 cm³/mol. The molecule has 0 saturated carbocycles. The van der Waals surface area contributed by atoms with Gasteiger partial charge in [0.1, 0.15) is 11.6 Å². The molecule has 0 saturated heterocycles. The molecule has 0 aliphatic rings. The van der Waals surface area contributed by atoms with Crippen LogP contribution in [0.5, 0.6) is 0 Å². The molecule has 0 fully saturated rings. The lowest BCUT2D eigenvalue weighted by molar-refractivity contribution is -0.138. The molecular weight excluding hydrogens is 238 g/mol. The minimum absolute atomic E-state index is 0.0445. The third kappa shape index (κ3) is 4.59. The van der Waals surface area contributed by atoms with Crippen LogP contribution in [0.4, 0.5) is 0 Å². The van der Waals surface area contributed by atoms with E-state index in [1.165, 1.54) is 0 Å². The number of ether oxygens (including phenoxy) is 1. The number of rotatable bonds is 5. The summed E-state index contributed by atoms with van der Waals surface area (Å²) < 4.78 is 5.04. The first-order valence-electron chi connectivity index (χ1n) is 6.44. The maximum Gasteiger partial charge on any atom is 0.348 e. The summed E-state index contributed by atoms with van der Waals surface area (Å²) in [6.45, 7) is 6.34.